The fourth-order valence-electron chi connectivity index (χ4n) is 2.31. The Morgan fingerprint density at radius 2 is 2.06 bits per heavy atom. The molecule has 1 aliphatic carbocycles. The molecule has 3 nitrogen and oxygen atoms in total. The summed E-state index contributed by atoms with van der Waals surface area (Å²) in [5.41, 5.74) is 6.66. The second-order valence-electron chi connectivity index (χ2n) is 4.56. The van der Waals surface area contributed by atoms with E-state index in [0.717, 1.165) is 19.3 Å². The van der Waals surface area contributed by atoms with Gasteiger partial charge in [-0.05, 0) is 25.3 Å². The summed E-state index contributed by atoms with van der Waals surface area (Å²) in [6.07, 6.45) is 2.64. The third-order valence-corrected chi connectivity index (χ3v) is 3.45. The van der Waals surface area contributed by atoms with Crippen LogP contribution in [0.4, 0.5) is 4.39 Å². The second-order valence-corrected chi connectivity index (χ2v) is 4.56. The normalized spacial score (nSPS) is 17.6. The van der Waals surface area contributed by atoms with Gasteiger partial charge in [0.15, 0.2) is 0 Å². The highest BCUT2D eigenvalue weighted by molar-refractivity contribution is 5.44. The van der Waals surface area contributed by atoms with Gasteiger partial charge in [0.1, 0.15) is 11.6 Å². The molecule has 0 unspecified atom stereocenters. The van der Waals surface area contributed by atoms with E-state index in [1.807, 2.05) is 0 Å². The van der Waals surface area contributed by atoms with Crippen LogP contribution < -0.4 is 10.5 Å². The molecule has 1 aromatic rings. The highest BCUT2D eigenvalue weighted by Gasteiger charge is 2.39. The number of ether oxygens (including phenoxy) is 2. The molecule has 1 aromatic carbocycles. The Bertz CT molecular complexity index is 416. The van der Waals surface area contributed by atoms with E-state index in [-0.39, 0.29) is 12.4 Å². The first kappa shape index (κ1) is 12.3. The maximum absolute atomic E-state index is 14.4. The smallest absolute Gasteiger partial charge is 0.137 e. The summed E-state index contributed by atoms with van der Waals surface area (Å²) in [4.78, 5) is 0. The molecule has 2 N–H and O–H groups in total. The maximum Gasteiger partial charge on any atom is 0.137 e. The first-order valence-electron chi connectivity index (χ1n) is 5.76. The van der Waals surface area contributed by atoms with Gasteiger partial charge in [-0.2, -0.15) is 0 Å². The number of nitrogens with two attached hydrogens (primary N) is 1. The molecule has 0 aromatic heterocycles. The molecule has 0 saturated heterocycles. The van der Waals surface area contributed by atoms with Crippen molar-refractivity contribution in [1.82, 2.24) is 0 Å². The van der Waals surface area contributed by atoms with Gasteiger partial charge in [0, 0.05) is 23.8 Å². The van der Waals surface area contributed by atoms with E-state index in [1.54, 1.807) is 19.2 Å². The van der Waals surface area contributed by atoms with E-state index in [1.165, 1.54) is 7.11 Å². The van der Waals surface area contributed by atoms with Crippen LogP contribution in [0.2, 0.25) is 0 Å². The molecule has 4 heteroatoms. The van der Waals surface area contributed by atoms with Crippen LogP contribution in [0.25, 0.3) is 0 Å². The molecule has 0 bridgehead atoms. The molecule has 0 heterocycles. The SMILES string of the molecule is COCc1ccc(OC)c(C2(N)CCC2)c1F. The number of rotatable bonds is 4. The zero-order chi connectivity index (χ0) is 12.5. The van der Waals surface area contributed by atoms with Crippen molar-refractivity contribution in [3.8, 4) is 5.75 Å². The number of hydrogen-bond acceptors (Lipinski definition) is 3. The van der Waals surface area contributed by atoms with Gasteiger partial charge in [0.25, 0.3) is 0 Å². The lowest BCUT2D eigenvalue weighted by molar-refractivity contribution is 0.178. The monoisotopic (exact) mass is 239 g/mol. The summed E-state index contributed by atoms with van der Waals surface area (Å²) in [5.74, 6) is 0.248. The molecule has 2 rings (SSSR count). The molecule has 1 aliphatic rings. The highest BCUT2D eigenvalue weighted by Crippen LogP contribution is 2.44. The predicted molar refractivity (Wildman–Crippen MR) is 63.4 cm³/mol. The Labute approximate surface area is 101 Å². The quantitative estimate of drug-likeness (QED) is 0.877. The van der Waals surface area contributed by atoms with Gasteiger partial charge >= 0.3 is 0 Å². The second kappa shape index (κ2) is 4.63. The van der Waals surface area contributed by atoms with E-state index in [2.05, 4.69) is 0 Å². The number of halogens is 1. The van der Waals surface area contributed by atoms with Gasteiger partial charge in [0.2, 0.25) is 0 Å². The Kier molecular flexibility index (Phi) is 3.35. The van der Waals surface area contributed by atoms with Gasteiger partial charge in [-0.3, -0.25) is 0 Å². The minimum atomic E-state index is -0.570. The zero-order valence-corrected chi connectivity index (χ0v) is 10.3. The largest absolute Gasteiger partial charge is 0.496 e. The third-order valence-electron chi connectivity index (χ3n) is 3.45. The molecule has 1 fully saturated rings. The summed E-state index contributed by atoms with van der Waals surface area (Å²) < 4.78 is 24.6. The number of hydrogen-bond donors (Lipinski definition) is 1. The highest BCUT2D eigenvalue weighted by atomic mass is 19.1. The average Bonchev–Trinajstić information content (AvgIpc) is 2.29. The summed E-state index contributed by atoms with van der Waals surface area (Å²) in [6.45, 7) is 0.249. The third kappa shape index (κ3) is 2.03. The Balaban J connectivity index is 2.49. The van der Waals surface area contributed by atoms with E-state index in [9.17, 15) is 4.39 Å². The topological polar surface area (TPSA) is 44.5 Å². The minimum Gasteiger partial charge on any atom is -0.496 e. The van der Waals surface area contributed by atoms with Crippen molar-refractivity contribution in [2.75, 3.05) is 14.2 Å². The molecular formula is C13H18FNO2. The molecular weight excluding hydrogens is 221 g/mol. The van der Waals surface area contributed by atoms with Crippen LogP contribution in [0.15, 0.2) is 12.1 Å². The van der Waals surface area contributed by atoms with Crippen LogP contribution in [0, 0.1) is 5.82 Å². The molecule has 0 aliphatic heterocycles. The summed E-state index contributed by atoms with van der Waals surface area (Å²) >= 11 is 0. The van der Waals surface area contributed by atoms with Crippen LogP contribution in [-0.2, 0) is 16.9 Å². The molecule has 0 atom stereocenters. The predicted octanol–water partition coefficient (Wildman–Crippen LogP) is 2.32. The average molecular weight is 239 g/mol. The van der Waals surface area contributed by atoms with Gasteiger partial charge < -0.3 is 15.2 Å². The fraction of sp³-hybridized carbons (Fsp3) is 0.538. The van der Waals surface area contributed by atoms with Crippen LogP contribution >= 0.6 is 0 Å². The Morgan fingerprint density at radius 1 is 1.35 bits per heavy atom. The van der Waals surface area contributed by atoms with E-state index >= 15 is 0 Å². The molecule has 0 amide bonds. The van der Waals surface area contributed by atoms with Gasteiger partial charge in [0.05, 0.1) is 13.7 Å². The van der Waals surface area contributed by atoms with Crippen LogP contribution in [0.1, 0.15) is 30.4 Å². The molecule has 94 valence electrons. The van der Waals surface area contributed by atoms with E-state index in [0.29, 0.717) is 16.9 Å². The fourth-order valence-corrected chi connectivity index (χ4v) is 2.31. The molecule has 17 heavy (non-hydrogen) atoms. The van der Waals surface area contributed by atoms with Crippen molar-refractivity contribution in [3.63, 3.8) is 0 Å². The minimum absolute atomic E-state index is 0.249. The van der Waals surface area contributed by atoms with Crippen molar-refractivity contribution >= 4 is 0 Å². The molecule has 0 spiro atoms. The zero-order valence-electron chi connectivity index (χ0n) is 10.3. The summed E-state index contributed by atoms with van der Waals surface area (Å²) in [5, 5.41) is 0. The number of methoxy groups -OCH3 is 2. The Morgan fingerprint density at radius 3 is 2.53 bits per heavy atom. The van der Waals surface area contributed by atoms with Crippen molar-refractivity contribution in [2.45, 2.75) is 31.4 Å². The van der Waals surface area contributed by atoms with Crippen LogP contribution in [0.5, 0.6) is 5.75 Å². The lowest BCUT2D eigenvalue weighted by Gasteiger charge is -2.39. The molecule has 0 radical (unpaired) electrons. The lowest BCUT2D eigenvalue weighted by Crippen LogP contribution is -2.44. The van der Waals surface area contributed by atoms with Crippen LogP contribution in [0.3, 0.4) is 0 Å². The van der Waals surface area contributed by atoms with Gasteiger partial charge in [-0.25, -0.2) is 4.39 Å². The first-order chi connectivity index (χ1) is 8.12. The van der Waals surface area contributed by atoms with Gasteiger partial charge in [-0.15, -0.1) is 0 Å². The van der Waals surface area contributed by atoms with E-state index < -0.39 is 5.54 Å². The number of benzene rings is 1. The standard InChI is InChI=1S/C13H18FNO2/c1-16-8-9-4-5-10(17-2)11(12(9)14)13(15)6-3-7-13/h4-5H,3,6-8,15H2,1-2H3. The van der Waals surface area contributed by atoms with Crippen molar-refractivity contribution in [3.05, 3.63) is 29.1 Å². The van der Waals surface area contributed by atoms with Gasteiger partial charge in [-0.1, -0.05) is 6.07 Å². The van der Waals surface area contributed by atoms with Crippen LogP contribution in [-0.4, -0.2) is 14.2 Å². The van der Waals surface area contributed by atoms with Crippen molar-refractivity contribution < 1.29 is 13.9 Å². The lowest BCUT2D eigenvalue weighted by atomic mass is 9.72. The summed E-state index contributed by atoms with van der Waals surface area (Å²) in [7, 11) is 3.08. The summed E-state index contributed by atoms with van der Waals surface area (Å²) in [6, 6.07) is 3.45. The van der Waals surface area contributed by atoms with Crippen molar-refractivity contribution in [1.29, 1.82) is 0 Å². The molecule has 1 saturated carbocycles. The maximum atomic E-state index is 14.4. The Hall–Kier alpha value is -1.13. The van der Waals surface area contributed by atoms with Crippen molar-refractivity contribution in [2.24, 2.45) is 5.73 Å². The van der Waals surface area contributed by atoms with E-state index in [4.69, 9.17) is 15.2 Å². The first-order valence-corrected chi connectivity index (χ1v) is 5.76.